The number of rotatable bonds is 0. The summed E-state index contributed by atoms with van der Waals surface area (Å²) < 4.78 is 5.24. The van der Waals surface area contributed by atoms with Gasteiger partial charge in [-0.25, -0.2) is 0 Å². The lowest BCUT2D eigenvalue weighted by Gasteiger charge is -2.05. The van der Waals surface area contributed by atoms with Crippen molar-refractivity contribution in [2.45, 2.75) is 19.4 Å². The molecule has 56 valence electrons. The van der Waals surface area contributed by atoms with Gasteiger partial charge in [0.25, 0.3) is 0 Å². The molecule has 0 spiro atoms. The van der Waals surface area contributed by atoms with E-state index in [-0.39, 0.29) is 12.4 Å². The normalized spacial score (nSPS) is 28.3. The molecule has 1 N–H and O–H groups in total. The second kappa shape index (κ2) is 5.03. The molecule has 0 bridgehead atoms. The highest BCUT2D eigenvalue weighted by molar-refractivity contribution is 5.85. The highest BCUT2D eigenvalue weighted by atomic mass is 35.5. The van der Waals surface area contributed by atoms with Crippen LogP contribution in [0.4, 0.5) is 0 Å². The molecule has 0 saturated carbocycles. The zero-order chi connectivity index (χ0) is 5.82. The fourth-order valence-electron chi connectivity index (χ4n) is 0.842. The van der Waals surface area contributed by atoms with E-state index in [1.165, 1.54) is 0 Å². The molecule has 1 aliphatic rings. The first kappa shape index (κ1) is 9.21. The molecule has 0 unspecified atom stereocenters. The smallest absolute Gasteiger partial charge is 0.0616 e. The van der Waals surface area contributed by atoms with Crippen LogP contribution in [0.3, 0.4) is 0 Å². The van der Waals surface area contributed by atoms with Gasteiger partial charge in [-0.1, -0.05) is 0 Å². The average molecular weight is 152 g/mol. The Hall–Kier alpha value is 0.210. The third-order valence-corrected chi connectivity index (χ3v) is 1.33. The molecule has 0 amide bonds. The minimum Gasteiger partial charge on any atom is -0.380 e. The van der Waals surface area contributed by atoms with Crippen LogP contribution in [0.25, 0.3) is 0 Å². The van der Waals surface area contributed by atoms with E-state index < -0.39 is 0 Å². The van der Waals surface area contributed by atoms with Crippen molar-refractivity contribution < 1.29 is 4.74 Å². The first-order valence-electron chi connectivity index (χ1n) is 3.21. The van der Waals surface area contributed by atoms with E-state index in [4.69, 9.17) is 4.74 Å². The van der Waals surface area contributed by atoms with E-state index in [0.29, 0.717) is 6.04 Å². The van der Waals surface area contributed by atoms with Crippen LogP contribution in [0.1, 0.15) is 13.3 Å². The Morgan fingerprint density at radius 1 is 1.56 bits per heavy atom. The Bertz CT molecular complexity index is 62.1. The fraction of sp³-hybridized carbons (Fsp3) is 1.00. The average Bonchev–Trinajstić information content (AvgIpc) is 1.94. The van der Waals surface area contributed by atoms with Crippen LogP contribution < -0.4 is 5.32 Å². The van der Waals surface area contributed by atoms with E-state index in [9.17, 15) is 0 Å². The van der Waals surface area contributed by atoms with Crippen molar-refractivity contribution in [2.75, 3.05) is 19.8 Å². The summed E-state index contributed by atoms with van der Waals surface area (Å²) in [5, 5.41) is 3.32. The summed E-state index contributed by atoms with van der Waals surface area (Å²) >= 11 is 0. The Labute approximate surface area is 62.4 Å². The molecule has 0 aromatic heterocycles. The standard InChI is InChI=1S/C6H13NO.ClH/c1-6-5-8-4-2-3-7-6;/h6-7H,2-5H2,1H3;1H/t6-;/m0./s1. The van der Waals surface area contributed by atoms with Crippen molar-refractivity contribution in [1.29, 1.82) is 0 Å². The van der Waals surface area contributed by atoms with Crippen molar-refractivity contribution >= 4 is 12.4 Å². The zero-order valence-corrected chi connectivity index (χ0v) is 6.54. The van der Waals surface area contributed by atoms with E-state index >= 15 is 0 Å². The van der Waals surface area contributed by atoms with Crippen LogP contribution >= 0.6 is 12.4 Å². The first-order valence-corrected chi connectivity index (χ1v) is 3.21. The molecule has 1 rings (SSSR count). The van der Waals surface area contributed by atoms with Gasteiger partial charge in [0.05, 0.1) is 6.61 Å². The lowest BCUT2D eigenvalue weighted by Crippen LogP contribution is -2.27. The molecular weight excluding hydrogens is 138 g/mol. The van der Waals surface area contributed by atoms with Gasteiger partial charge in [-0.15, -0.1) is 12.4 Å². The molecule has 1 saturated heterocycles. The second-order valence-corrected chi connectivity index (χ2v) is 2.28. The van der Waals surface area contributed by atoms with Crippen molar-refractivity contribution in [1.82, 2.24) is 5.32 Å². The summed E-state index contributed by atoms with van der Waals surface area (Å²) in [6.07, 6.45) is 1.16. The number of hydrogen-bond acceptors (Lipinski definition) is 2. The third-order valence-electron chi connectivity index (χ3n) is 1.33. The summed E-state index contributed by atoms with van der Waals surface area (Å²) in [5.41, 5.74) is 0. The Morgan fingerprint density at radius 3 is 3.11 bits per heavy atom. The van der Waals surface area contributed by atoms with Crippen LogP contribution in [0.5, 0.6) is 0 Å². The Balaban J connectivity index is 0.000000640. The molecule has 0 aliphatic carbocycles. The molecule has 1 fully saturated rings. The predicted octanol–water partition coefficient (Wildman–Crippen LogP) is 0.807. The van der Waals surface area contributed by atoms with Gasteiger partial charge in [0, 0.05) is 12.6 Å². The first-order chi connectivity index (χ1) is 3.89. The zero-order valence-electron chi connectivity index (χ0n) is 5.72. The highest BCUT2D eigenvalue weighted by Crippen LogP contribution is 1.91. The lowest BCUT2D eigenvalue weighted by atomic mass is 10.3. The van der Waals surface area contributed by atoms with Gasteiger partial charge in [0.1, 0.15) is 0 Å². The van der Waals surface area contributed by atoms with Crippen LogP contribution in [0, 0.1) is 0 Å². The third kappa shape index (κ3) is 3.73. The SMILES string of the molecule is C[C@H]1COCCCN1.Cl. The minimum absolute atomic E-state index is 0. The van der Waals surface area contributed by atoms with Crippen molar-refractivity contribution in [2.24, 2.45) is 0 Å². The quantitative estimate of drug-likeness (QED) is 0.553. The van der Waals surface area contributed by atoms with Crippen molar-refractivity contribution in [3.63, 3.8) is 0 Å². The summed E-state index contributed by atoms with van der Waals surface area (Å²) in [4.78, 5) is 0. The number of hydrogen-bond donors (Lipinski definition) is 1. The van der Waals surface area contributed by atoms with Gasteiger partial charge < -0.3 is 10.1 Å². The van der Waals surface area contributed by atoms with Crippen LogP contribution in [-0.4, -0.2) is 25.8 Å². The van der Waals surface area contributed by atoms with Gasteiger partial charge in [-0.05, 0) is 19.9 Å². The number of halogens is 1. The van der Waals surface area contributed by atoms with E-state index in [2.05, 4.69) is 12.2 Å². The van der Waals surface area contributed by atoms with E-state index in [1.807, 2.05) is 0 Å². The monoisotopic (exact) mass is 151 g/mol. The molecule has 1 heterocycles. The number of ether oxygens (including phenoxy) is 1. The number of nitrogens with one attached hydrogen (secondary N) is 1. The van der Waals surface area contributed by atoms with Gasteiger partial charge >= 0.3 is 0 Å². The predicted molar refractivity (Wildman–Crippen MR) is 40.1 cm³/mol. The molecular formula is C6H14ClNO. The van der Waals surface area contributed by atoms with Gasteiger partial charge in [-0.2, -0.15) is 0 Å². The molecule has 1 aliphatic heterocycles. The van der Waals surface area contributed by atoms with E-state index in [0.717, 1.165) is 26.2 Å². The fourth-order valence-corrected chi connectivity index (χ4v) is 0.842. The summed E-state index contributed by atoms with van der Waals surface area (Å²) in [5.74, 6) is 0. The van der Waals surface area contributed by atoms with Crippen LogP contribution in [0.15, 0.2) is 0 Å². The molecule has 0 aromatic rings. The molecule has 0 aromatic carbocycles. The summed E-state index contributed by atoms with van der Waals surface area (Å²) in [7, 11) is 0. The van der Waals surface area contributed by atoms with Crippen LogP contribution in [-0.2, 0) is 4.74 Å². The summed E-state index contributed by atoms with van der Waals surface area (Å²) in [6, 6.07) is 0.553. The van der Waals surface area contributed by atoms with Crippen molar-refractivity contribution in [3.8, 4) is 0 Å². The minimum atomic E-state index is 0. The largest absolute Gasteiger partial charge is 0.380 e. The Morgan fingerprint density at radius 2 is 2.33 bits per heavy atom. The van der Waals surface area contributed by atoms with Gasteiger partial charge in [0.15, 0.2) is 0 Å². The Kier molecular flexibility index (Phi) is 5.15. The molecule has 1 atom stereocenters. The van der Waals surface area contributed by atoms with Crippen LogP contribution in [0.2, 0.25) is 0 Å². The van der Waals surface area contributed by atoms with Gasteiger partial charge in [0.2, 0.25) is 0 Å². The molecule has 2 nitrogen and oxygen atoms in total. The van der Waals surface area contributed by atoms with Crippen molar-refractivity contribution in [3.05, 3.63) is 0 Å². The summed E-state index contributed by atoms with van der Waals surface area (Å²) in [6.45, 7) is 5.06. The molecule has 0 radical (unpaired) electrons. The highest BCUT2D eigenvalue weighted by Gasteiger charge is 2.03. The maximum atomic E-state index is 5.24. The molecule has 3 heteroatoms. The molecule has 9 heavy (non-hydrogen) atoms. The van der Waals surface area contributed by atoms with E-state index in [1.54, 1.807) is 0 Å². The van der Waals surface area contributed by atoms with Gasteiger partial charge in [-0.3, -0.25) is 0 Å². The topological polar surface area (TPSA) is 21.3 Å². The second-order valence-electron chi connectivity index (χ2n) is 2.28. The lowest BCUT2D eigenvalue weighted by molar-refractivity contribution is 0.135. The maximum Gasteiger partial charge on any atom is 0.0616 e. The maximum absolute atomic E-state index is 5.24.